The zero-order chi connectivity index (χ0) is 27.3. The molecule has 0 radical (unpaired) electrons. The predicted molar refractivity (Wildman–Crippen MR) is 167 cm³/mol. The Morgan fingerprint density at radius 2 is 1.02 bits per heavy atom. The topological polar surface area (TPSA) is 67.8 Å². The number of anilines is 1. The number of hydrogen-bond acceptors (Lipinski definition) is 4. The number of hydrogen-bond donors (Lipinski definition) is 1. The molecule has 0 saturated heterocycles. The maximum atomic E-state index is 13.2. The fourth-order valence-electron chi connectivity index (χ4n) is 4.42. The molecule has 0 bridgehead atoms. The Labute approximate surface area is 242 Å². The van der Waals surface area contributed by atoms with E-state index in [1.165, 1.54) is 0 Å². The lowest BCUT2D eigenvalue weighted by molar-refractivity contribution is 0.596. The van der Waals surface area contributed by atoms with E-state index in [1.807, 2.05) is 133 Å². The first-order valence-electron chi connectivity index (χ1n) is 12.7. The van der Waals surface area contributed by atoms with Gasteiger partial charge < -0.3 is 0 Å². The molecule has 6 rings (SSSR count). The fraction of sp³-hybridized carbons (Fsp3) is 0. The van der Waals surface area contributed by atoms with Crippen LogP contribution in [0.5, 0.6) is 0 Å². The van der Waals surface area contributed by atoms with Crippen LogP contribution in [0.15, 0.2) is 138 Å². The first-order chi connectivity index (χ1) is 19.7. The van der Waals surface area contributed by atoms with Gasteiger partial charge in [0.2, 0.25) is 5.30 Å². The lowest BCUT2D eigenvalue weighted by Gasteiger charge is -2.14. The van der Waals surface area contributed by atoms with Crippen molar-refractivity contribution in [2.24, 2.45) is 0 Å². The number of nitrogens with one attached hydrogen (secondary N) is 1. The summed E-state index contributed by atoms with van der Waals surface area (Å²) in [5.41, 5.74) is 5.20. The van der Waals surface area contributed by atoms with E-state index in [0.29, 0.717) is 17.5 Å². The predicted octanol–water partition coefficient (Wildman–Crippen LogP) is 8.78. The maximum absolute atomic E-state index is 13.2. The molecular weight excluding hydrogens is 579 g/mol. The third kappa shape index (κ3) is 5.59. The average Bonchev–Trinajstić information content (AvgIpc) is 3.03. The number of benzene rings is 5. The van der Waals surface area contributed by atoms with Crippen LogP contribution in [0.25, 0.3) is 45.3 Å². The molecule has 7 heteroatoms. The minimum atomic E-state index is -1.86. The molecule has 0 amide bonds. The van der Waals surface area contributed by atoms with Crippen molar-refractivity contribution >= 4 is 34.9 Å². The van der Waals surface area contributed by atoms with Gasteiger partial charge in [-0.3, -0.25) is 0 Å². The molecule has 1 unspecified atom stereocenters. The number of aromatic nitrogens is 3. The lowest BCUT2D eigenvalue weighted by atomic mass is 9.97. The summed E-state index contributed by atoms with van der Waals surface area (Å²) in [6.07, 6.45) is 0. The number of rotatable bonds is 7. The van der Waals surface area contributed by atoms with Crippen molar-refractivity contribution in [1.29, 1.82) is 0 Å². The maximum Gasteiger partial charge on any atom is 0.499 e. The second-order valence-corrected chi connectivity index (χ2v) is 11.3. The summed E-state index contributed by atoms with van der Waals surface area (Å²) in [7, 11) is -1.86. The van der Waals surface area contributed by atoms with Gasteiger partial charge in [-0.05, 0) is 40.5 Å². The van der Waals surface area contributed by atoms with Crippen LogP contribution in [0.4, 0.5) is 5.69 Å². The molecule has 5 aromatic carbocycles. The molecule has 0 fully saturated rings. The highest BCUT2D eigenvalue weighted by molar-refractivity contribution is 9.10. The molecule has 40 heavy (non-hydrogen) atoms. The molecule has 1 aromatic heterocycles. The molecule has 0 spiro atoms. The van der Waals surface area contributed by atoms with Crippen molar-refractivity contribution in [2.45, 2.75) is 0 Å². The highest BCUT2D eigenvalue weighted by atomic mass is 79.9. The summed E-state index contributed by atoms with van der Waals surface area (Å²) in [4.78, 5) is 14.7. The van der Waals surface area contributed by atoms with E-state index in [2.05, 4.69) is 21.0 Å². The van der Waals surface area contributed by atoms with Crippen molar-refractivity contribution in [1.82, 2.24) is 15.0 Å². The van der Waals surface area contributed by atoms with Crippen LogP contribution >= 0.6 is 23.9 Å². The van der Waals surface area contributed by atoms with E-state index < -0.39 is 7.95 Å². The highest BCUT2D eigenvalue weighted by Gasteiger charge is 2.23. The number of halogens is 1. The summed E-state index contributed by atoms with van der Waals surface area (Å²) in [5, 5.41) is 3.97. The van der Waals surface area contributed by atoms with E-state index in [1.54, 1.807) is 0 Å². The van der Waals surface area contributed by atoms with Crippen LogP contribution < -0.4 is 10.4 Å². The molecule has 0 aliphatic rings. The van der Waals surface area contributed by atoms with E-state index in [0.717, 1.165) is 43.3 Å². The van der Waals surface area contributed by atoms with Gasteiger partial charge in [0.05, 0.1) is 5.69 Å². The third-order valence-corrected chi connectivity index (χ3v) is 8.06. The molecule has 1 heterocycles. The Kier molecular flexibility index (Phi) is 7.53. The summed E-state index contributed by atoms with van der Waals surface area (Å²) in [5.74, 6) is 1.75. The highest BCUT2D eigenvalue weighted by Crippen LogP contribution is 2.39. The molecular formula is C33H23BrN4OP+. The molecule has 0 aliphatic carbocycles. The average molecular weight is 602 g/mol. The quantitative estimate of drug-likeness (QED) is 0.185. The standard InChI is InChI=1S/C33H23BrN4OP/c34-25-20-21-30(38-40(39)26-16-8-3-9-17-26)29(22-25)27-18-10-11-19-28(27)33-36-31(23-12-4-1-5-13-23)35-32(37-33)24-14-6-2-7-15-24/h1-22H,(H,38,39)/q+1. The Balaban J connectivity index is 1.50. The van der Waals surface area contributed by atoms with Crippen LogP contribution in [0.1, 0.15) is 0 Å². The Hall–Kier alpha value is -4.51. The Morgan fingerprint density at radius 1 is 0.525 bits per heavy atom. The lowest BCUT2D eigenvalue weighted by Crippen LogP contribution is -2.03. The van der Waals surface area contributed by atoms with Gasteiger partial charge in [-0.15, -0.1) is 0 Å². The molecule has 192 valence electrons. The zero-order valence-electron chi connectivity index (χ0n) is 21.3. The summed E-state index contributed by atoms with van der Waals surface area (Å²) < 4.78 is 14.1. The molecule has 5 nitrogen and oxygen atoms in total. The van der Waals surface area contributed by atoms with Crippen LogP contribution in [-0.2, 0) is 4.57 Å². The number of nitrogens with zero attached hydrogens (tertiary/aromatic N) is 3. The third-order valence-electron chi connectivity index (χ3n) is 6.35. The van der Waals surface area contributed by atoms with E-state index in [4.69, 9.17) is 15.0 Å². The minimum absolute atomic E-state index is 0.557. The SMILES string of the molecule is O=[P+](Nc1ccc(Br)cc1-c1ccccc1-c1nc(-c2ccccc2)nc(-c2ccccc2)n1)c1ccccc1. The first-order valence-corrected chi connectivity index (χ1v) is 14.8. The summed E-state index contributed by atoms with van der Waals surface area (Å²) >= 11 is 3.63. The molecule has 1 atom stereocenters. The van der Waals surface area contributed by atoms with Crippen LogP contribution in [-0.4, -0.2) is 15.0 Å². The molecule has 1 N–H and O–H groups in total. The van der Waals surface area contributed by atoms with Crippen molar-refractivity contribution in [3.63, 3.8) is 0 Å². The molecule has 0 aliphatic heterocycles. The van der Waals surface area contributed by atoms with Crippen molar-refractivity contribution in [2.75, 3.05) is 5.09 Å². The monoisotopic (exact) mass is 601 g/mol. The van der Waals surface area contributed by atoms with Crippen LogP contribution in [0.3, 0.4) is 0 Å². The fourth-order valence-corrected chi connectivity index (χ4v) is 5.76. The zero-order valence-corrected chi connectivity index (χ0v) is 23.8. The molecule has 6 aromatic rings. The second kappa shape index (κ2) is 11.7. The van der Waals surface area contributed by atoms with Crippen molar-refractivity contribution in [3.05, 3.63) is 138 Å². The van der Waals surface area contributed by atoms with Gasteiger partial charge in [0.15, 0.2) is 17.5 Å². The van der Waals surface area contributed by atoms with E-state index in [9.17, 15) is 4.57 Å². The van der Waals surface area contributed by atoms with Gasteiger partial charge in [0, 0.05) is 26.7 Å². The minimum Gasteiger partial charge on any atom is -0.208 e. The molecule has 0 saturated carbocycles. The van der Waals surface area contributed by atoms with Gasteiger partial charge in [0.25, 0.3) is 0 Å². The van der Waals surface area contributed by atoms with Gasteiger partial charge in [-0.1, -0.05) is 119 Å². The second-order valence-electron chi connectivity index (χ2n) is 9.02. The smallest absolute Gasteiger partial charge is 0.208 e. The van der Waals surface area contributed by atoms with Gasteiger partial charge >= 0.3 is 7.95 Å². The van der Waals surface area contributed by atoms with Crippen molar-refractivity contribution in [3.8, 4) is 45.3 Å². The van der Waals surface area contributed by atoms with Gasteiger partial charge in [-0.2, -0.15) is 5.09 Å². The van der Waals surface area contributed by atoms with Crippen LogP contribution in [0.2, 0.25) is 0 Å². The largest absolute Gasteiger partial charge is 0.499 e. The normalized spacial score (nSPS) is 11.2. The van der Waals surface area contributed by atoms with Gasteiger partial charge in [-0.25, -0.2) is 15.0 Å². The first kappa shape index (κ1) is 25.8. The van der Waals surface area contributed by atoms with E-state index in [-0.39, 0.29) is 0 Å². The van der Waals surface area contributed by atoms with Crippen LogP contribution in [0, 0.1) is 0 Å². The van der Waals surface area contributed by atoms with Gasteiger partial charge in [0.1, 0.15) is 0 Å². The summed E-state index contributed by atoms with van der Waals surface area (Å²) in [6, 6.07) is 43.1. The Morgan fingerprint density at radius 3 is 1.62 bits per heavy atom. The van der Waals surface area contributed by atoms with Crippen molar-refractivity contribution < 1.29 is 4.57 Å². The Bertz CT molecular complexity index is 1740. The van der Waals surface area contributed by atoms with E-state index >= 15 is 0 Å². The summed E-state index contributed by atoms with van der Waals surface area (Å²) in [6.45, 7) is 0.